The second-order valence-electron chi connectivity index (χ2n) is 5.93. The maximum Gasteiger partial charge on any atom is 0.0720 e. The number of nitrogens with zero attached hydrogens (tertiary/aromatic N) is 2. The fraction of sp³-hybridized carbons (Fsp3) is 1.00. The minimum absolute atomic E-state index is 0.372. The van der Waals surface area contributed by atoms with Crippen LogP contribution in [0.15, 0.2) is 0 Å². The summed E-state index contributed by atoms with van der Waals surface area (Å²) in [6.07, 6.45) is 2.74. The van der Waals surface area contributed by atoms with E-state index in [1.807, 2.05) is 0 Å². The largest absolute Gasteiger partial charge is 0.377 e. The van der Waals surface area contributed by atoms with Crippen LogP contribution in [0.2, 0.25) is 0 Å². The van der Waals surface area contributed by atoms with Crippen molar-refractivity contribution >= 4 is 0 Å². The van der Waals surface area contributed by atoms with E-state index in [9.17, 15) is 0 Å². The van der Waals surface area contributed by atoms with Gasteiger partial charge in [-0.25, -0.2) is 0 Å². The summed E-state index contributed by atoms with van der Waals surface area (Å²) in [4.78, 5) is 5.20. The van der Waals surface area contributed by atoms with E-state index < -0.39 is 0 Å². The molecule has 4 nitrogen and oxygen atoms in total. The van der Waals surface area contributed by atoms with Crippen LogP contribution < -0.4 is 5.32 Å². The Bertz CT molecular complexity index is 261. The van der Waals surface area contributed by atoms with Crippen molar-refractivity contribution in [1.82, 2.24) is 15.1 Å². The Kier molecular flexibility index (Phi) is 3.39. The van der Waals surface area contributed by atoms with Gasteiger partial charge in [0, 0.05) is 32.7 Å². The van der Waals surface area contributed by atoms with E-state index >= 15 is 0 Å². The zero-order chi connectivity index (χ0) is 11.7. The van der Waals surface area contributed by atoms with Crippen molar-refractivity contribution < 1.29 is 4.74 Å². The van der Waals surface area contributed by atoms with E-state index in [0.29, 0.717) is 5.54 Å². The molecule has 3 heterocycles. The van der Waals surface area contributed by atoms with Gasteiger partial charge in [0.15, 0.2) is 0 Å². The highest BCUT2D eigenvalue weighted by atomic mass is 16.5. The summed E-state index contributed by atoms with van der Waals surface area (Å²) in [5.41, 5.74) is 0.372. The first-order valence-electron chi connectivity index (χ1n) is 7.03. The van der Waals surface area contributed by atoms with Crippen LogP contribution in [0.25, 0.3) is 0 Å². The van der Waals surface area contributed by atoms with Gasteiger partial charge >= 0.3 is 0 Å². The average molecular weight is 239 g/mol. The Hall–Kier alpha value is -0.160. The Labute approximate surface area is 104 Å². The number of likely N-dealkylation sites (tertiary alicyclic amines) is 1. The number of hydrogen-bond donors (Lipinski definition) is 1. The fourth-order valence-electron chi connectivity index (χ4n) is 3.70. The highest BCUT2D eigenvalue weighted by Crippen LogP contribution is 2.37. The number of nitrogens with one attached hydrogen (secondary N) is 1. The molecular weight excluding hydrogens is 214 g/mol. The summed E-state index contributed by atoms with van der Waals surface area (Å²) in [5, 5.41) is 3.45. The van der Waals surface area contributed by atoms with Crippen molar-refractivity contribution in [3.05, 3.63) is 0 Å². The van der Waals surface area contributed by atoms with E-state index in [4.69, 9.17) is 4.74 Å². The van der Waals surface area contributed by atoms with Crippen LogP contribution in [0, 0.1) is 5.92 Å². The van der Waals surface area contributed by atoms with Crippen LogP contribution >= 0.6 is 0 Å². The smallest absolute Gasteiger partial charge is 0.0720 e. The van der Waals surface area contributed by atoms with Gasteiger partial charge in [-0.1, -0.05) is 0 Å². The summed E-state index contributed by atoms with van der Waals surface area (Å²) < 4.78 is 5.60. The molecule has 0 aromatic rings. The Morgan fingerprint density at radius 3 is 2.53 bits per heavy atom. The molecule has 98 valence electrons. The van der Waals surface area contributed by atoms with Crippen molar-refractivity contribution in [2.45, 2.75) is 18.4 Å². The van der Waals surface area contributed by atoms with E-state index in [-0.39, 0.29) is 0 Å². The number of rotatable bonds is 2. The summed E-state index contributed by atoms with van der Waals surface area (Å²) >= 11 is 0. The molecule has 3 aliphatic rings. The molecule has 0 saturated carbocycles. The molecule has 3 fully saturated rings. The van der Waals surface area contributed by atoms with Gasteiger partial charge in [0.05, 0.1) is 18.8 Å². The molecule has 1 atom stereocenters. The molecule has 0 aliphatic carbocycles. The molecule has 17 heavy (non-hydrogen) atoms. The highest BCUT2D eigenvalue weighted by molar-refractivity contribution is 5.04. The molecule has 0 amide bonds. The normalized spacial score (nSPS) is 35.5. The molecule has 0 spiro atoms. The van der Waals surface area contributed by atoms with Crippen LogP contribution in [-0.4, -0.2) is 74.9 Å². The van der Waals surface area contributed by atoms with Crippen molar-refractivity contribution in [2.24, 2.45) is 5.92 Å². The molecule has 3 aliphatic heterocycles. The highest BCUT2D eigenvalue weighted by Gasteiger charge is 2.50. The first-order valence-corrected chi connectivity index (χ1v) is 7.03. The Balaban J connectivity index is 1.71. The van der Waals surface area contributed by atoms with Crippen LogP contribution in [-0.2, 0) is 4.74 Å². The van der Waals surface area contributed by atoms with Gasteiger partial charge in [0.25, 0.3) is 0 Å². The number of piperazine rings is 1. The molecule has 0 aromatic carbocycles. The van der Waals surface area contributed by atoms with E-state index in [1.165, 1.54) is 39.0 Å². The third-order valence-corrected chi connectivity index (χ3v) is 4.84. The number of piperidine rings is 1. The van der Waals surface area contributed by atoms with Crippen LogP contribution in [0.3, 0.4) is 0 Å². The van der Waals surface area contributed by atoms with E-state index in [0.717, 1.165) is 32.2 Å². The SMILES string of the molecule is CN1CCCC(C2(N3CCNCC3)COC2)C1. The first kappa shape index (κ1) is 11.9. The lowest BCUT2D eigenvalue weighted by molar-refractivity contribution is -0.179. The van der Waals surface area contributed by atoms with Crippen molar-refractivity contribution in [2.75, 3.05) is 59.5 Å². The van der Waals surface area contributed by atoms with Gasteiger partial charge in [-0.2, -0.15) is 0 Å². The van der Waals surface area contributed by atoms with Crippen molar-refractivity contribution in [3.63, 3.8) is 0 Å². The molecule has 4 heteroatoms. The lowest BCUT2D eigenvalue weighted by Gasteiger charge is -2.56. The molecule has 0 radical (unpaired) electrons. The number of hydrogen-bond acceptors (Lipinski definition) is 4. The van der Waals surface area contributed by atoms with Crippen LogP contribution in [0.1, 0.15) is 12.8 Å². The number of ether oxygens (including phenoxy) is 1. The summed E-state index contributed by atoms with van der Waals surface area (Å²) in [5.74, 6) is 0.813. The maximum atomic E-state index is 5.60. The molecule has 0 bridgehead atoms. The lowest BCUT2D eigenvalue weighted by Crippen LogP contribution is -2.71. The van der Waals surface area contributed by atoms with Gasteiger partial charge in [0.1, 0.15) is 0 Å². The molecule has 1 unspecified atom stereocenters. The second-order valence-corrected chi connectivity index (χ2v) is 5.93. The third kappa shape index (κ3) is 2.12. The Morgan fingerprint density at radius 2 is 1.94 bits per heavy atom. The predicted molar refractivity (Wildman–Crippen MR) is 68.2 cm³/mol. The van der Waals surface area contributed by atoms with Crippen LogP contribution in [0.4, 0.5) is 0 Å². The minimum atomic E-state index is 0.372. The standard InChI is InChI=1S/C13H25N3O/c1-15-6-2-3-12(9-15)13(10-17-11-13)16-7-4-14-5-8-16/h12,14H,2-11H2,1H3. The summed E-state index contributed by atoms with van der Waals surface area (Å²) in [7, 11) is 2.26. The van der Waals surface area contributed by atoms with Crippen LogP contribution in [0.5, 0.6) is 0 Å². The zero-order valence-electron chi connectivity index (χ0n) is 11.0. The summed E-state index contributed by atoms with van der Waals surface area (Å²) in [6, 6.07) is 0. The predicted octanol–water partition coefficient (Wildman–Crippen LogP) is 0.00240. The van der Waals surface area contributed by atoms with Crippen molar-refractivity contribution in [3.8, 4) is 0 Å². The molecule has 3 rings (SSSR count). The quantitative estimate of drug-likeness (QED) is 0.734. The molecular formula is C13H25N3O. The molecule has 0 aromatic heterocycles. The van der Waals surface area contributed by atoms with Gasteiger partial charge in [-0.3, -0.25) is 4.90 Å². The maximum absolute atomic E-state index is 5.60. The molecule has 1 N–H and O–H groups in total. The fourth-order valence-corrected chi connectivity index (χ4v) is 3.70. The monoisotopic (exact) mass is 239 g/mol. The van der Waals surface area contributed by atoms with Gasteiger partial charge < -0.3 is 15.0 Å². The Morgan fingerprint density at radius 1 is 1.18 bits per heavy atom. The van der Waals surface area contributed by atoms with E-state index in [1.54, 1.807) is 0 Å². The van der Waals surface area contributed by atoms with E-state index in [2.05, 4.69) is 22.2 Å². The molecule has 3 saturated heterocycles. The zero-order valence-corrected chi connectivity index (χ0v) is 11.0. The average Bonchev–Trinajstić information content (AvgIpc) is 2.29. The first-order chi connectivity index (χ1) is 8.31. The van der Waals surface area contributed by atoms with Gasteiger partial charge in [0.2, 0.25) is 0 Å². The third-order valence-electron chi connectivity index (χ3n) is 4.84. The minimum Gasteiger partial charge on any atom is -0.377 e. The second kappa shape index (κ2) is 4.84. The summed E-state index contributed by atoms with van der Waals surface area (Å²) in [6.45, 7) is 9.14. The topological polar surface area (TPSA) is 27.7 Å². The van der Waals surface area contributed by atoms with Gasteiger partial charge in [-0.05, 0) is 32.4 Å². The van der Waals surface area contributed by atoms with Crippen molar-refractivity contribution in [1.29, 1.82) is 0 Å². The lowest BCUT2D eigenvalue weighted by atomic mass is 9.75. The van der Waals surface area contributed by atoms with Gasteiger partial charge in [-0.15, -0.1) is 0 Å².